The smallest absolute Gasteiger partial charge is 0.271 e. The zero-order valence-electron chi connectivity index (χ0n) is 6.99. The van der Waals surface area contributed by atoms with Gasteiger partial charge in [-0.05, 0) is 12.2 Å². The Labute approximate surface area is 74.3 Å². The number of carbonyl (C=O) groups is 1. The van der Waals surface area contributed by atoms with Crippen molar-refractivity contribution in [2.24, 2.45) is 16.6 Å². The van der Waals surface area contributed by atoms with E-state index in [0.29, 0.717) is 0 Å². The first-order valence-electron chi connectivity index (χ1n) is 3.67. The normalized spacial score (nSPS) is 22.6. The van der Waals surface area contributed by atoms with Crippen molar-refractivity contribution in [1.29, 1.82) is 0 Å². The molecule has 1 rings (SSSR count). The van der Waals surface area contributed by atoms with E-state index in [2.05, 4.69) is 4.99 Å². The first-order chi connectivity index (χ1) is 6.00. The van der Waals surface area contributed by atoms with Crippen molar-refractivity contribution in [3.05, 3.63) is 23.9 Å². The zero-order chi connectivity index (χ0) is 10.0. The Balaban J connectivity index is 3.14. The van der Waals surface area contributed by atoms with Gasteiger partial charge >= 0.3 is 0 Å². The van der Waals surface area contributed by atoms with Crippen LogP contribution in [0.15, 0.2) is 28.9 Å². The highest BCUT2D eigenvalue weighted by Crippen LogP contribution is 2.15. The minimum Gasteiger partial charge on any atom is -0.506 e. The van der Waals surface area contributed by atoms with Gasteiger partial charge in [-0.3, -0.25) is 4.79 Å². The van der Waals surface area contributed by atoms with E-state index >= 15 is 0 Å². The van der Waals surface area contributed by atoms with E-state index in [1.807, 2.05) is 0 Å². The molecule has 1 unspecified atom stereocenters. The number of amides is 1. The highest BCUT2D eigenvalue weighted by atomic mass is 19.1. The van der Waals surface area contributed by atoms with E-state index < -0.39 is 17.6 Å². The molecule has 3 N–H and O–H groups in total. The lowest BCUT2D eigenvalue weighted by molar-refractivity contribution is -0.112. The van der Waals surface area contributed by atoms with Crippen molar-refractivity contribution in [3.63, 3.8) is 0 Å². The summed E-state index contributed by atoms with van der Waals surface area (Å²) in [5.41, 5.74) is 4.42. The second-order valence-electron chi connectivity index (χ2n) is 2.73. The molecule has 5 heteroatoms. The quantitative estimate of drug-likeness (QED) is 0.592. The average Bonchev–Trinajstić information content (AvgIpc) is 2.09. The standard InChI is InChI=1S/C8H9FN2O2/c1-4-2-5(12)7(8(10)13)11-6(9)3-4/h2-4,12H,1H3,(H2,10,13). The van der Waals surface area contributed by atoms with Gasteiger partial charge in [0.1, 0.15) is 5.76 Å². The number of rotatable bonds is 1. The monoisotopic (exact) mass is 184 g/mol. The lowest BCUT2D eigenvalue weighted by Crippen LogP contribution is -2.25. The van der Waals surface area contributed by atoms with Gasteiger partial charge in [0, 0.05) is 5.92 Å². The summed E-state index contributed by atoms with van der Waals surface area (Å²) < 4.78 is 12.8. The molecule has 70 valence electrons. The van der Waals surface area contributed by atoms with E-state index in [0.717, 1.165) is 0 Å². The SMILES string of the molecule is CC1C=C(F)N=C(C(N)=O)C(O)=C1. The molecule has 0 saturated carbocycles. The van der Waals surface area contributed by atoms with Crippen molar-refractivity contribution >= 4 is 11.6 Å². The number of primary amides is 1. The summed E-state index contributed by atoms with van der Waals surface area (Å²) in [5, 5.41) is 9.24. The number of nitrogens with two attached hydrogens (primary N) is 1. The van der Waals surface area contributed by atoms with Crippen molar-refractivity contribution < 1.29 is 14.3 Å². The van der Waals surface area contributed by atoms with Gasteiger partial charge < -0.3 is 10.8 Å². The number of hydrogen-bond acceptors (Lipinski definition) is 3. The highest BCUT2D eigenvalue weighted by molar-refractivity contribution is 6.44. The van der Waals surface area contributed by atoms with E-state index in [1.165, 1.54) is 12.2 Å². The van der Waals surface area contributed by atoms with Gasteiger partial charge in [0.05, 0.1) is 0 Å². The minimum absolute atomic E-state index is 0.319. The van der Waals surface area contributed by atoms with Crippen LogP contribution in [-0.2, 0) is 4.79 Å². The molecule has 4 nitrogen and oxygen atoms in total. The van der Waals surface area contributed by atoms with Gasteiger partial charge in [-0.25, -0.2) is 4.99 Å². The Morgan fingerprint density at radius 3 is 2.85 bits per heavy atom. The Morgan fingerprint density at radius 2 is 2.31 bits per heavy atom. The van der Waals surface area contributed by atoms with E-state index in [4.69, 9.17) is 5.73 Å². The number of aliphatic imine (C=N–C) groups is 1. The molecule has 0 saturated heterocycles. The fourth-order valence-electron chi connectivity index (χ4n) is 0.976. The van der Waals surface area contributed by atoms with E-state index in [1.54, 1.807) is 6.92 Å². The molecule has 1 heterocycles. The fraction of sp³-hybridized carbons (Fsp3) is 0.250. The zero-order valence-corrected chi connectivity index (χ0v) is 6.99. The Kier molecular flexibility index (Phi) is 2.46. The molecule has 0 aliphatic carbocycles. The van der Waals surface area contributed by atoms with Crippen LogP contribution in [0.3, 0.4) is 0 Å². The van der Waals surface area contributed by atoms with E-state index in [9.17, 15) is 14.3 Å². The maximum absolute atomic E-state index is 12.8. The van der Waals surface area contributed by atoms with Gasteiger partial charge in [-0.2, -0.15) is 4.39 Å². The van der Waals surface area contributed by atoms with Gasteiger partial charge in [0.25, 0.3) is 5.91 Å². The molecule has 0 bridgehead atoms. The second kappa shape index (κ2) is 3.38. The molecule has 0 aromatic rings. The summed E-state index contributed by atoms with van der Waals surface area (Å²) in [6, 6.07) is 0. The number of halogens is 1. The van der Waals surface area contributed by atoms with Gasteiger partial charge in [-0.15, -0.1) is 0 Å². The number of aliphatic hydroxyl groups is 1. The first kappa shape index (κ1) is 9.44. The van der Waals surface area contributed by atoms with Gasteiger partial charge in [0.15, 0.2) is 5.71 Å². The molecule has 1 aliphatic rings. The molecular formula is C8H9FN2O2. The molecule has 13 heavy (non-hydrogen) atoms. The van der Waals surface area contributed by atoms with Gasteiger partial charge in [-0.1, -0.05) is 6.92 Å². The Morgan fingerprint density at radius 1 is 1.69 bits per heavy atom. The molecular weight excluding hydrogens is 175 g/mol. The van der Waals surface area contributed by atoms with E-state index in [-0.39, 0.29) is 11.7 Å². The molecule has 1 aliphatic heterocycles. The number of aliphatic hydroxyl groups excluding tert-OH is 1. The van der Waals surface area contributed by atoms with Crippen molar-refractivity contribution in [1.82, 2.24) is 0 Å². The fourth-order valence-corrected chi connectivity index (χ4v) is 0.976. The molecule has 0 aromatic heterocycles. The third kappa shape index (κ3) is 2.14. The predicted molar refractivity (Wildman–Crippen MR) is 45.7 cm³/mol. The number of nitrogens with zero attached hydrogens (tertiary/aromatic N) is 1. The maximum Gasteiger partial charge on any atom is 0.271 e. The lowest BCUT2D eigenvalue weighted by Gasteiger charge is -1.98. The van der Waals surface area contributed by atoms with Crippen LogP contribution in [0, 0.1) is 5.92 Å². The van der Waals surface area contributed by atoms with Crippen LogP contribution in [-0.4, -0.2) is 16.7 Å². The third-order valence-corrected chi connectivity index (χ3v) is 1.52. The predicted octanol–water partition coefficient (Wildman–Crippen LogP) is 0.815. The first-order valence-corrected chi connectivity index (χ1v) is 3.67. The molecule has 0 fully saturated rings. The lowest BCUT2D eigenvalue weighted by atomic mass is 10.1. The number of hydrogen-bond donors (Lipinski definition) is 2. The minimum atomic E-state index is -0.952. The van der Waals surface area contributed by atoms with Crippen LogP contribution in [0.1, 0.15) is 6.92 Å². The second-order valence-corrected chi connectivity index (χ2v) is 2.73. The Bertz CT molecular complexity index is 331. The molecule has 0 radical (unpaired) electrons. The third-order valence-electron chi connectivity index (χ3n) is 1.52. The van der Waals surface area contributed by atoms with Crippen molar-refractivity contribution in [3.8, 4) is 0 Å². The van der Waals surface area contributed by atoms with Crippen molar-refractivity contribution in [2.45, 2.75) is 6.92 Å². The largest absolute Gasteiger partial charge is 0.506 e. The molecule has 0 aromatic carbocycles. The number of carbonyl (C=O) groups excluding carboxylic acids is 1. The maximum atomic E-state index is 12.8. The van der Waals surface area contributed by atoms with Crippen LogP contribution in [0.25, 0.3) is 0 Å². The highest BCUT2D eigenvalue weighted by Gasteiger charge is 2.17. The van der Waals surface area contributed by atoms with Crippen LogP contribution in [0.4, 0.5) is 4.39 Å². The van der Waals surface area contributed by atoms with Crippen LogP contribution in [0.2, 0.25) is 0 Å². The van der Waals surface area contributed by atoms with Crippen molar-refractivity contribution in [2.75, 3.05) is 0 Å². The summed E-state index contributed by atoms with van der Waals surface area (Å²) >= 11 is 0. The summed E-state index contributed by atoms with van der Waals surface area (Å²) in [4.78, 5) is 13.9. The number of allylic oxidation sites excluding steroid dienone is 2. The summed E-state index contributed by atoms with van der Waals surface area (Å²) in [6.45, 7) is 1.65. The molecule has 1 atom stereocenters. The summed E-state index contributed by atoms with van der Waals surface area (Å²) in [6.07, 6.45) is 2.47. The summed E-state index contributed by atoms with van der Waals surface area (Å²) in [7, 11) is 0. The van der Waals surface area contributed by atoms with Gasteiger partial charge in [0.2, 0.25) is 5.95 Å². The van der Waals surface area contributed by atoms with Crippen LogP contribution < -0.4 is 5.73 Å². The average molecular weight is 184 g/mol. The molecule has 1 amide bonds. The molecule has 0 spiro atoms. The van der Waals surface area contributed by atoms with Crippen LogP contribution >= 0.6 is 0 Å². The summed E-state index contributed by atoms with van der Waals surface area (Å²) in [5.74, 6) is -2.47. The topological polar surface area (TPSA) is 75.7 Å². The van der Waals surface area contributed by atoms with Crippen LogP contribution in [0.5, 0.6) is 0 Å². The Hall–Kier alpha value is -1.65.